The van der Waals surface area contributed by atoms with Gasteiger partial charge in [0.2, 0.25) is 0 Å². The molecule has 0 aromatic heterocycles. The Morgan fingerprint density at radius 1 is 1.33 bits per heavy atom. The van der Waals surface area contributed by atoms with E-state index in [0.29, 0.717) is 6.10 Å². The summed E-state index contributed by atoms with van der Waals surface area (Å²) < 4.78 is 4.92. The molecule has 0 radical (unpaired) electrons. The van der Waals surface area contributed by atoms with Gasteiger partial charge in [-0.25, -0.2) is 9.59 Å². The Morgan fingerprint density at radius 3 is 1.75 bits per heavy atom. The molecule has 0 bridgehead atoms. The molecule has 6 nitrogen and oxygen atoms in total. The number of carbonyl (C=O) groups is 2. The number of rotatable bonds is 1. The average Bonchev–Trinajstić information content (AvgIpc) is 1.86. The zero-order valence-electron chi connectivity index (χ0n) is 6.61. The van der Waals surface area contributed by atoms with Gasteiger partial charge in [0.25, 0.3) is 0 Å². The lowest BCUT2D eigenvalue weighted by atomic mass is 10.2. The largest absolute Gasteiger partial charge is 0.473 e. The van der Waals surface area contributed by atoms with Crippen LogP contribution >= 0.6 is 0 Å². The van der Waals surface area contributed by atoms with Crippen LogP contribution in [-0.4, -0.2) is 48.5 Å². The number of hydrogen-bond donors (Lipinski definition) is 3. The summed E-state index contributed by atoms with van der Waals surface area (Å²) in [6.45, 7) is 2.08. The molecule has 12 heavy (non-hydrogen) atoms. The lowest BCUT2D eigenvalue weighted by molar-refractivity contribution is -0.159. The molecule has 1 heterocycles. The van der Waals surface area contributed by atoms with Crippen molar-refractivity contribution < 1.29 is 24.5 Å². The number of aliphatic carboxylic acids is 2. The highest BCUT2D eigenvalue weighted by Crippen LogP contribution is 1.92. The molecule has 0 aromatic carbocycles. The lowest BCUT2D eigenvalue weighted by Crippen LogP contribution is -2.47. The van der Waals surface area contributed by atoms with Gasteiger partial charge >= 0.3 is 11.9 Å². The van der Waals surface area contributed by atoms with Gasteiger partial charge in [-0.2, -0.15) is 0 Å². The molecule has 0 saturated carbocycles. The molecule has 0 aromatic rings. The first kappa shape index (κ1) is 10.9. The van der Waals surface area contributed by atoms with E-state index in [2.05, 4.69) is 5.32 Å². The smallest absolute Gasteiger partial charge is 0.414 e. The first-order valence-corrected chi connectivity index (χ1v) is 3.27. The van der Waals surface area contributed by atoms with Crippen molar-refractivity contribution in [2.24, 2.45) is 0 Å². The minimum absolute atomic E-state index is 0.505. The van der Waals surface area contributed by atoms with E-state index in [0.717, 1.165) is 13.1 Å². The van der Waals surface area contributed by atoms with Crippen molar-refractivity contribution in [3.63, 3.8) is 0 Å². The van der Waals surface area contributed by atoms with Gasteiger partial charge in [-0.05, 0) is 0 Å². The first-order chi connectivity index (χ1) is 5.57. The third kappa shape index (κ3) is 4.64. The van der Waals surface area contributed by atoms with Gasteiger partial charge in [0.05, 0.1) is 6.10 Å². The molecule has 1 rings (SSSR count). The Balaban J connectivity index is 0.000000202. The van der Waals surface area contributed by atoms with Gasteiger partial charge in [-0.3, -0.25) is 0 Å². The van der Waals surface area contributed by atoms with Crippen LogP contribution in [0.1, 0.15) is 0 Å². The van der Waals surface area contributed by atoms with Gasteiger partial charge in [-0.1, -0.05) is 0 Å². The van der Waals surface area contributed by atoms with Crippen LogP contribution in [-0.2, 0) is 14.3 Å². The second kappa shape index (κ2) is 5.50. The van der Waals surface area contributed by atoms with Crippen LogP contribution in [0.4, 0.5) is 0 Å². The average molecular weight is 177 g/mol. The van der Waals surface area contributed by atoms with Crippen LogP contribution in [0.3, 0.4) is 0 Å². The Labute approximate surface area is 69.1 Å². The summed E-state index contributed by atoms with van der Waals surface area (Å²) >= 11 is 0. The zero-order chi connectivity index (χ0) is 9.56. The highest BCUT2D eigenvalue weighted by molar-refractivity contribution is 6.27. The maximum absolute atomic E-state index is 9.10. The normalized spacial score (nSPS) is 15.4. The Morgan fingerprint density at radius 2 is 1.75 bits per heavy atom. The second-order valence-electron chi connectivity index (χ2n) is 2.13. The summed E-state index contributed by atoms with van der Waals surface area (Å²) in [5.41, 5.74) is 0. The van der Waals surface area contributed by atoms with E-state index in [-0.39, 0.29) is 0 Å². The van der Waals surface area contributed by atoms with E-state index in [1.165, 1.54) is 0 Å². The first-order valence-electron chi connectivity index (χ1n) is 3.27. The molecule has 3 N–H and O–H groups in total. The minimum Gasteiger partial charge on any atom is -0.473 e. The highest BCUT2D eigenvalue weighted by Gasteiger charge is 2.13. The number of nitrogens with one attached hydrogen (secondary N) is 1. The number of ether oxygens (including phenoxy) is 1. The van der Waals surface area contributed by atoms with Gasteiger partial charge in [0.15, 0.2) is 0 Å². The third-order valence-electron chi connectivity index (χ3n) is 1.26. The van der Waals surface area contributed by atoms with Crippen molar-refractivity contribution in [3.05, 3.63) is 0 Å². The minimum atomic E-state index is -1.82. The predicted octanol–water partition coefficient (Wildman–Crippen LogP) is -1.24. The fourth-order valence-corrected chi connectivity index (χ4v) is 0.429. The molecule has 70 valence electrons. The summed E-state index contributed by atoms with van der Waals surface area (Å²) in [5.74, 6) is -3.65. The predicted molar refractivity (Wildman–Crippen MR) is 38.9 cm³/mol. The molecule has 1 aliphatic heterocycles. The van der Waals surface area contributed by atoms with Crippen molar-refractivity contribution in [3.8, 4) is 0 Å². The molecule has 6 heteroatoms. The topological polar surface area (TPSA) is 95.9 Å². The van der Waals surface area contributed by atoms with E-state index in [4.69, 9.17) is 24.5 Å². The monoisotopic (exact) mass is 177 g/mol. The zero-order valence-corrected chi connectivity index (χ0v) is 6.61. The molecule has 0 spiro atoms. The van der Waals surface area contributed by atoms with E-state index in [1.54, 1.807) is 7.11 Å². The quantitative estimate of drug-likeness (QED) is 0.433. The third-order valence-corrected chi connectivity index (χ3v) is 1.26. The van der Waals surface area contributed by atoms with E-state index in [1.807, 2.05) is 0 Å². The SMILES string of the molecule is COC1CNC1.O=C(O)C(=O)O. The van der Waals surface area contributed by atoms with E-state index >= 15 is 0 Å². The molecular formula is C6H11NO5. The van der Waals surface area contributed by atoms with Crippen LogP contribution in [0, 0.1) is 0 Å². The Bertz CT molecular complexity index is 151. The fraction of sp³-hybridized carbons (Fsp3) is 0.667. The summed E-state index contributed by atoms with van der Waals surface area (Å²) in [4.78, 5) is 18.2. The Hall–Kier alpha value is -1.14. The molecule has 0 aliphatic carbocycles. The van der Waals surface area contributed by atoms with Crippen molar-refractivity contribution in [1.82, 2.24) is 5.32 Å². The van der Waals surface area contributed by atoms with E-state index < -0.39 is 11.9 Å². The number of carboxylic acids is 2. The van der Waals surface area contributed by atoms with Crippen LogP contribution in [0.25, 0.3) is 0 Å². The lowest BCUT2D eigenvalue weighted by Gasteiger charge is -2.24. The van der Waals surface area contributed by atoms with Gasteiger partial charge in [0, 0.05) is 20.2 Å². The van der Waals surface area contributed by atoms with Crippen LogP contribution in [0.2, 0.25) is 0 Å². The van der Waals surface area contributed by atoms with Gasteiger partial charge in [-0.15, -0.1) is 0 Å². The molecule has 1 saturated heterocycles. The fourth-order valence-electron chi connectivity index (χ4n) is 0.429. The number of methoxy groups -OCH3 is 1. The molecule has 1 fully saturated rings. The van der Waals surface area contributed by atoms with Crippen molar-refractivity contribution >= 4 is 11.9 Å². The van der Waals surface area contributed by atoms with Crippen LogP contribution in [0.15, 0.2) is 0 Å². The van der Waals surface area contributed by atoms with Gasteiger partial charge in [0.1, 0.15) is 0 Å². The molecule has 0 unspecified atom stereocenters. The summed E-state index contributed by atoms with van der Waals surface area (Å²) in [7, 11) is 1.74. The van der Waals surface area contributed by atoms with Crippen molar-refractivity contribution in [1.29, 1.82) is 0 Å². The maximum atomic E-state index is 9.10. The summed E-state index contributed by atoms with van der Waals surface area (Å²) in [5, 5.41) is 17.9. The molecule has 0 amide bonds. The Kier molecular flexibility index (Phi) is 4.98. The van der Waals surface area contributed by atoms with Gasteiger partial charge < -0.3 is 20.3 Å². The summed E-state index contributed by atoms with van der Waals surface area (Å²) in [6.07, 6.45) is 0.505. The number of carboxylic acid groups (broad SMARTS) is 2. The number of hydrogen-bond acceptors (Lipinski definition) is 4. The van der Waals surface area contributed by atoms with Crippen molar-refractivity contribution in [2.45, 2.75) is 6.10 Å². The van der Waals surface area contributed by atoms with Crippen LogP contribution < -0.4 is 5.32 Å². The summed E-state index contributed by atoms with van der Waals surface area (Å²) in [6, 6.07) is 0. The maximum Gasteiger partial charge on any atom is 0.414 e. The molecule has 0 atom stereocenters. The molecular weight excluding hydrogens is 166 g/mol. The van der Waals surface area contributed by atoms with E-state index in [9.17, 15) is 0 Å². The molecule has 1 aliphatic rings. The van der Waals surface area contributed by atoms with Crippen LogP contribution in [0.5, 0.6) is 0 Å². The highest BCUT2D eigenvalue weighted by atomic mass is 16.5. The van der Waals surface area contributed by atoms with Crippen molar-refractivity contribution in [2.75, 3.05) is 20.2 Å². The second-order valence-corrected chi connectivity index (χ2v) is 2.13. The standard InChI is InChI=1S/C4H9NO.C2H2O4/c1-6-4-2-5-3-4;3-1(4)2(5)6/h4-5H,2-3H2,1H3;(H,3,4)(H,5,6).